The summed E-state index contributed by atoms with van der Waals surface area (Å²) in [7, 11) is 0. The minimum absolute atomic E-state index is 0.0527. The highest BCUT2D eigenvalue weighted by atomic mass is 16.6. The average Bonchev–Trinajstić information content (AvgIpc) is 2.37. The molecule has 0 rings (SSSR count). The van der Waals surface area contributed by atoms with Crippen molar-refractivity contribution in [3.8, 4) is 0 Å². The molecule has 18 heavy (non-hydrogen) atoms. The minimum Gasteiger partial charge on any atom is -0.411 e. The second-order valence-electron chi connectivity index (χ2n) is 3.76. The summed E-state index contributed by atoms with van der Waals surface area (Å²) in [6, 6.07) is -0.839. The molecular formula is C11H19N3O4. The van der Waals surface area contributed by atoms with Gasteiger partial charge in [-0.25, -0.2) is 0 Å². The molecule has 102 valence electrons. The van der Waals surface area contributed by atoms with Crippen molar-refractivity contribution in [2.75, 3.05) is 6.54 Å². The van der Waals surface area contributed by atoms with Crippen molar-refractivity contribution in [2.24, 2.45) is 5.16 Å². The van der Waals surface area contributed by atoms with Crippen LogP contribution in [-0.2, 0) is 4.79 Å². The molecule has 0 fully saturated rings. The van der Waals surface area contributed by atoms with Crippen LogP contribution in [0.3, 0.4) is 0 Å². The highest BCUT2D eigenvalue weighted by Gasteiger charge is 2.18. The number of hydrogen-bond donors (Lipinski definition) is 2. The maximum atomic E-state index is 11.1. The topological polar surface area (TPSA) is 105 Å². The van der Waals surface area contributed by atoms with Gasteiger partial charge in [0.05, 0.1) is 12.3 Å². The molecule has 0 saturated heterocycles. The molecule has 7 heteroatoms. The summed E-state index contributed by atoms with van der Waals surface area (Å²) in [6.45, 7) is 5.00. The Morgan fingerprint density at radius 2 is 2.11 bits per heavy atom. The summed E-state index contributed by atoms with van der Waals surface area (Å²) < 4.78 is 0. The summed E-state index contributed by atoms with van der Waals surface area (Å²) in [5.41, 5.74) is 0.737. The van der Waals surface area contributed by atoms with Crippen molar-refractivity contribution >= 4 is 11.6 Å². The molecule has 0 bridgehead atoms. The standard InChI is InChI=1S/C11H19N3O4/c1-4-9(8(3)14(17)18)6-10(13-16)7-12-11(15)5-2/h6,8,16H,4-5,7H2,1-3H3,(H,12,15). The number of rotatable bonds is 7. The van der Waals surface area contributed by atoms with Crippen molar-refractivity contribution in [2.45, 2.75) is 39.7 Å². The molecule has 1 unspecified atom stereocenters. The fraction of sp³-hybridized carbons (Fsp3) is 0.636. The third kappa shape index (κ3) is 5.42. The molecule has 0 heterocycles. The maximum absolute atomic E-state index is 11.1. The van der Waals surface area contributed by atoms with Gasteiger partial charge in [0.2, 0.25) is 11.9 Å². The zero-order chi connectivity index (χ0) is 14.1. The predicted molar refractivity (Wildman–Crippen MR) is 67.4 cm³/mol. The molecule has 0 aliphatic rings. The number of carbonyl (C=O) groups excluding carboxylic acids is 1. The molecule has 2 N–H and O–H groups in total. The van der Waals surface area contributed by atoms with Gasteiger partial charge in [-0.05, 0) is 12.5 Å². The Balaban J connectivity index is 4.75. The van der Waals surface area contributed by atoms with Crippen LogP contribution in [0.25, 0.3) is 0 Å². The van der Waals surface area contributed by atoms with E-state index >= 15 is 0 Å². The lowest BCUT2D eigenvalue weighted by atomic mass is 10.0. The summed E-state index contributed by atoms with van der Waals surface area (Å²) in [5.74, 6) is -0.176. The number of carbonyl (C=O) groups is 1. The van der Waals surface area contributed by atoms with E-state index in [0.29, 0.717) is 18.4 Å². The number of nitrogens with zero attached hydrogens (tertiary/aromatic N) is 2. The lowest BCUT2D eigenvalue weighted by Gasteiger charge is -2.08. The van der Waals surface area contributed by atoms with E-state index in [-0.39, 0.29) is 18.2 Å². The van der Waals surface area contributed by atoms with Crippen LogP contribution >= 0.6 is 0 Å². The van der Waals surface area contributed by atoms with Gasteiger partial charge in [-0.3, -0.25) is 14.9 Å². The molecule has 0 radical (unpaired) electrons. The number of hydrogen-bond acceptors (Lipinski definition) is 5. The van der Waals surface area contributed by atoms with Gasteiger partial charge in [0.25, 0.3) is 0 Å². The summed E-state index contributed by atoms with van der Waals surface area (Å²) in [4.78, 5) is 21.3. The van der Waals surface area contributed by atoms with Gasteiger partial charge < -0.3 is 10.5 Å². The Hall–Kier alpha value is -1.92. The second-order valence-corrected chi connectivity index (χ2v) is 3.76. The molecule has 0 aliphatic heterocycles. The van der Waals surface area contributed by atoms with Crippen LogP contribution in [-0.4, -0.2) is 34.3 Å². The Labute approximate surface area is 106 Å². The lowest BCUT2D eigenvalue weighted by Crippen LogP contribution is -2.29. The Morgan fingerprint density at radius 1 is 1.50 bits per heavy atom. The zero-order valence-electron chi connectivity index (χ0n) is 10.8. The van der Waals surface area contributed by atoms with E-state index in [1.54, 1.807) is 13.8 Å². The van der Waals surface area contributed by atoms with Gasteiger partial charge in [0.15, 0.2) is 0 Å². The third-order valence-corrected chi connectivity index (χ3v) is 2.53. The molecular weight excluding hydrogens is 238 g/mol. The predicted octanol–water partition coefficient (Wildman–Crippen LogP) is 1.34. The van der Waals surface area contributed by atoms with Crippen molar-refractivity contribution < 1.29 is 14.9 Å². The van der Waals surface area contributed by atoms with Crippen LogP contribution < -0.4 is 5.32 Å². The second kappa shape index (κ2) is 8.21. The van der Waals surface area contributed by atoms with Crippen molar-refractivity contribution in [3.63, 3.8) is 0 Å². The third-order valence-electron chi connectivity index (χ3n) is 2.53. The Bertz CT molecular complexity index is 363. The molecule has 1 atom stereocenters. The Kier molecular flexibility index (Phi) is 7.34. The molecule has 0 spiro atoms. The zero-order valence-corrected chi connectivity index (χ0v) is 10.8. The van der Waals surface area contributed by atoms with Crippen molar-refractivity contribution in [1.82, 2.24) is 5.32 Å². The van der Waals surface area contributed by atoms with Crippen LogP contribution in [0, 0.1) is 10.1 Å². The van der Waals surface area contributed by atoms with Crippen molar-refractivity contribution in [3.05, 3.63) is 21.8 Å². The normalized spacial score (nSPS) is 14.2. The molecule has 0 aromatic rings. The van der Waals surface area contributed by atoms with Crippen molar-refractivity contribution in [1.29, 1.82) is 0 Å². The average molecular weight is 257 g/mol. The molecule has 0 saturated carbocycles. The molecule has 0 aromatic carbocycles. The van der Waals surface area contributed by atoms with Crippen LogP contribution in [0.4, 0.5) is 0 Å². The fourth-order valence-electron chi connectivity index (χ4n) is 1.30. The molecule has 1 amide bonds. The molecule has 7 nitrogen and oxygen atoms in total. The smallest absolute Gasteiger partial charge is 0.231 e. The van der Waals surface area contributed by atoms with E-state index in [4.69, 9.17) is 5.21 Å². The highest BCUT2D eigenvalue weighted by molar-refractivity contribution is 5.98. The van der Waals surface area contributed by atoms with E-state index in [1.165, 1.54) is 13.0 Å². The van der Waals surface area contributed by atoms with Gasteiger partial charge in [-0.15, -0.1) is 0 Å². The quantitative estimate of drug-likeness (QED) is 0.311. The number of nitrogens with one attached hydrogen (secondary N) is 1. The fourth-order valence-corrected chi connectivity index (χ4v) is 1.30. The monoisotopic (exact) mass is 257 g/mol. The number of amides is 1. The van der Waals surface area contributed by atoms with Crippen LogP contribution in [0.1, 0.15) is 33.6 Å². The van der Waals surface area contributed by atoms with Gasteiger partial charge >= 0.3 is 0 Å². The molecule has 0 aromatic heterocycles. The van der Waals surface area contributed by atoms with Crippen LogP contribution in [0.15, 0.2) is 16.8 Å². The van der Waals surface area contributed by atoms with Gasteiger partial charge in [-0.2, -0.15) is 0 Å². The van der Waals surface area contributed by atoms with E-state index in [1.807, 2.05) is 0 Å². The first-order valence-electron chi connectivity index (χ1n) is 5.77. The number of nitro groups is 1. The SMILES string of the molecule is CCC(=O)NCC(C=C(CC)C(C)[N+](=O)[O-])=NO. The number of oxime groups is 1. The van der Waals surface area contributed by atoms with Gasteiger partial charge in [0.1, 0.15) is 0 Å². The van der Waals surface area contributed by atoms with E-state index in [0.717, 1.165) is 0 Å². The minimum atomic E-state index is -0.839. The maximum Gasteiger partial charge on any atom is 0.231 e. The lowest BCUT2D eigenvalue weighted by molar-refractivity contribution is -0.507. The van der Waals surface area contributed by atoms with Gasteiger partial charge in [-0.1, -0.05) is 19.0 Å². The van der Waals surface area contributed by atoms with Gasteiger partial charge in [0, 0.05) is 23.8 Å². The summed E-state index contributed by atoms with van der Waals surface area (Å²) in [5, 5.41) is 25.0. The van der Waals surface area contributed by atoms with E-state index in [9.17, 15) is 14.9 Å². The summed E-state index contributed by atoms with van der Waals surface area (Å²) in [6.07, 6.45) is 2.25. The van der Waals surface area contributed by atoms with E-state index < -0.39 is 11.0 Å². The Morgan fingerprint density at radius 3 is 2.50 bits per heavy atom. The summed E-state index contributed by atoms with van der Waals surface area (Å²) >= 11 is 0. The highest BCUT2D eigenvalue weighted by Crippen LogP contribution is 2.10. The first kappa shape index (κ1) is 16.1. The van der Waals surface area contributed by atoms with E-state index in [2.05, 4.69) is 10.5 Å². The first-order chi connectivity index (χ1) is 8.46. The first-order valence-corrected chi connectivity index (χ1v) is 5.77. The molecule has 0 aliphatic carbocycles. The van der Waals surface area contributed by atoms with Crippen LogP contribution in [0.5, 0.6) is 0 Å². The van der Waals surface area contributed by atoms with Crippen LogP contribution in [0.2, 0.25) is 0 Å². The largest absolute Gasteiger partial charge is 0.411 e.